The fraction of sp³-hybridized carbons (Fsp3) is 0.171. The van der Waals surface area contributed by atoms with Crippen LogP contribution in [0.15, 0.2) is 116 Å². The summed E-state index contributed by atoms with van der Waals surface area (Å²) in [6, 6.07) is 30.1. The van der Waals surface area contributed by atoms with Crippen LogP contribution in [0.3, 0.4) is 0 Å². The molecule has 0 fully saturated rings. The summed E-state index contributed by atoms with van der Waals surface area (Å²) >= 11 is 0. The standard InChI is InChI=1S/C35H32O7/c1-2-33(36)40-25-9-4-3-8-24-39-30-18-16-29(17-19-30)35(38)42-32-22-20-31(21-23-32)41-34(37)28-14-12-27(13-15-28)26-10-6-5-7-11-26/h2,5-7,10-23H,1,3-4,8-9,24-25H2. The number of benzene rings is 4. The van der Waals surface area contributed by atoms with Crippen LogP contribution in [0.5, 0.6) is 17.2 Å². The second-order valence-electron chi connectivity index (χ2n) is 9.35. The van der Waals surface area contributed by atoms with Crippen LogP contribution in [-0.4, -0.2) is 31.1 Å². The average Bonchev–Trinajstić information content (AvgIpc) is 3.03. The van der Waals surface area contributed by atoms with Crippen molar-refractivity contribution < 1.29 is 33.3 Å². The Hall–Kier alpha value is -5.17. The topological polar surface area (TPSA) is 88.1 Å². The predicted molar refractivity (Wildman–Crippen MR) is 160 cm³/mol. The fourth-order valence-electron chi connectivity index (χ4n) is 4.00. The van der Waals surface area contributed by atoms with Crippen molar-refractivity contribution in [3.05, 3.63) is 127 Å². The minimum absolute atomic E-state index is 0.326. The van der Waals surface area contributed by atoms with E-state index in [1.807, 2.05) is 42.5 Å². The van der Waals surface area contributed by atoms with Gasteiger partial charge in [-0.3, -0.25) is 0 Å². The van der Waals surface area contributed by atoms with Gasteiger partial charge in [-0.15, -0.1) is 0 Å². The molecule has 0 aromatic heterocycles. The summed E-state index contributed by atoms with van der Waals surface area (Å²) in [7, 11) is 0. The zero-order valence-electron chi connectivity index (χ0n) is 23.2. The maximum absolute atomic E-state index is 12.6. The van der Waals surface area contributed by atoms with Gasteiger partial charge in [-0.25, -0.2) is 14.4 Å². The molecule has 0 saturated carbocycles. The van der Waals surface area contributed by atoms with Gasteiger partial charge in [-0.2, -0.15) is 0 Å². The molecule has 0 N–H and O–H groups in total. The molecule has 0 saturated heterocycles. The van der Waals surface area contributed by atoms with Gasteiger partial charge in [0.2, 0.25) is 0 Å². The number of hydrogen-bond acceptors (Lipinski definition) is 7. The van der Waals surface area contributed by atoms with Gasteiger partial charge in [-0.1, -0.05) is 49.0 Å². The number of carbonyl (C=O) groups is 3. The number of ether oxygens (including phenoxy) is 4. The van der Waals surface area contributed by atoms with Gasteiger partial charge in [0.25, 0.3) is 0 Å². The third-order valence-corrected chi connectivity index (χ3v) is 6.28. The zero-order chi connectivity index (χ0) is 29.6. The molecule has 7 heteroatoms. The summed E-state index contributed by atoms with van der Waals surface area (Å²) in [4.78, 5) is 36.1. The Balaban J connectivity index is 1.18. The lowest BCUT2D eigenvalue weighted by Gasteiger charge is -2.09. The summed E-state index contributed by atoms with van der Waals surface area (Å²) in [5.41, 5.74) is 2.89. The van der Waals surface area contributed by atoms with Crippen LogP contribution in [0.25, 0.3) is 11.1 Å². The van der Waals surface area contributed by atoms with Crippen molar-refractivity contribution in [1.29, 1.82) is 0 Å². The summed E-state index contributed by atoms with van der Waals surface area (Å²) in [5, 5.41) is 0. The van der Waals surface area contributed by atoms with Crippen LogP contribution >= 0.6 is 0 Å². The third kappa shape index (κ3) is 9.20. The van der Waals surface area contributed by atoms with Gasteiger partial charge >= 0.3 is 17.9 Å². The van der Waals surface area contributed by atoms with Crippen molar-refractivity contribution in [2.45, 2.75) is 25.7 Å². The van der Waals surface area contributed by atoms with Crippen LogP contribution in [-0.2, 0) is 9.53 Å². The highest BCUT2D eigenvalue weighted by atomic mass is 16.5. The molecule has 42 heavy (non-hydrogen) atoms. The molecule has 4 aromatic carbocycles. The van der Waals surface area contributed by atoms with Gasteiger partial charge in [0.1, 0.15) is 17.2 Å². The molecule has 4 rings (SSSR count). The van der Waals surface area contributed by atoms with Crippen molar-refractivity contribution in [2.75, 3.05) is 13.2 Å². The first kappa shape index (κ1) is 29.8. The zero-order valence-corrected chi connectivity index (χ0v) is 23.2. The van der Waals surface area contributed by atoms with E-state index in [9.17, 15) is 14.4 Å². The van der Waals surface area contributed by atoms with Crippen LogP contribution < -0.4 is 14.2 Å². The fourth-order valence-corrected chi connectivity index (χ4v) is 4.00. The number of hydrogen-bond donors (Lipinski definition) is 0. The van der Waals surface area contributed by atoms with Crippen molar-refractivity contribution in [2.24, 2.45) is 0 Å². The van der Waals surface area contributed by atoms with Gasteiger partial charge < -0.3 is 18.9 Å². The lowest BCUT2D eigenvalue weighted by molar-refractivity contribution is -0.137. The number of rotatable bonds is 14. The second kappa shape index (κ2) is 15.6. The molecular weight excluding hydrogens is 532 g/mol. The van der Waals surface area contributed by atoms with Gasteiger partial charge in [-0.05, 0) is 97.5 Å². The monoisotopic (exact) mass is 564 g/mol. The van der Waals surface area contributed by atoms with Crippen LogP contribution in [0.1, 0.15) is 46.4 Å². The SMILES string of the molecule is C=CC(=O)OCCCCCCOc1ccc(C(=O)Oc2ccc(OC(=O)c3ccc(-c4ccccc4)cc3)cc2)cc1. The number of unbranched alkanes of at least 4 members (excludes halogenated alkanes) is 3. The van der Waals surface area contributed by atoms with E-state index in [0.717, 1.165) is 42.9 Å². The highest BCUT2D eigenvalue weighted by Crippen LogP contribution is 2.23. The van der Waals surface area contributed by atoms with Crippen molar-refractivity contribution in [3.8, 4) is 28.4 Å². The molecule has 0 aliphatic heterocycles. The number of esters is 3. The first-order valence-corrected chi connectivity index (χ1v) is 13.7. The molecule has 0 aliphatic carbocycles. The van der Waals surface area contributed by atoms with E-state index in [0.29, 0.717) is 41.6 Å². The molecular formula is C35H32O7. The van der Waals surface area contributed by atoms with E-state index in [4.69, 9.17) is 18.9 Å². The highest BCUT2D eigenvalue weighted by molar-refractivity contribution is 5.92. The maximum Gasteiger partial charge on any atom is 0.343 e. The largest absolute Gasteiger partial charge is 0.494 e. The Morgan fingerprint density at radius 1 is 0.548 bits per heavy atom. The molecule has 0 bridgehead atoms. The van der Waals surface area contributed by atoms with Gasteiger partial charge in [0.05, 0.1) is 24.3 Å². The molecule has 0 atom stereocenters. The third-order valence-electron chi connectivity index (χ3n) is 6.28. The summed E-state index contributed by atoms with van der Waals surface area (Å²) in [6.45, 7) is 4.30. The van der Waals surface area contributed by atoms with Gasteiger partial charge in [0.15, 0.2) is 0 Å². The first-order valence-electron chi connectivity index (χ1n) is 13.7. The Bertz CT molecular complexity index is 1460. The van der Waals surface area contributed by atoms with E-state index in [-0.39, 0.29) is 0 Å². The van der Waals surface area contributed by atoms with E-state index < -0.39 is 17.9 Å². The Kier molecular flexibility index (Phi) is 11.1. The second-order valence-corrected chi connectivity index (χ2v) is 9.35. The average molecular weight is 565 g/mol. The maximum atomic E-state index is 12.6. The van der Waals surface area contributed by atoms with Crippen LogP contribution in [0.4, 0.5) is 0 Å². The van der Waals surface area contributed by atoms with Crippen LogP contribution in [0, 0.1) is 0 Å². The summed E-state index contributed by atoms with van der Waals surface area (Å²) < 4.78 is 21.6. The van der Waals surface area contributed by atoms with E-state index in [2.05, 4.69) is 6.58 Å². The highest BCUT2D eigenvalue weighted by Gasteiger charge is 2.12. The Morgan fingerprint density at radius 3 is 1.57 bits per heavy atom. The molecule has 0 spiro atoms. The Morgan fingerprint density at radius 2 is 1.02 bits per heavy atom. The van der Waals surface area contributed by atoms with Crippen LogP contribution in [0.2, 0.25) is 0 Å². The van der Waals surface area contributed by atoms with Crippen molar-refractivity contribution in [1.82, 2.24) is 0 Å². The molecule has 0 unspecified atom stereocenters. The molecule has 0 amide bonds. The van der Waals surface area contributed by atoms with Gasteiger partial charge in [0, 0.05) is 6.08 Å². The minimum atomic E-state index is -0.512. The molecule has 0 heterocycles. The molecule has 4 aromatic rings. The predicted octanol–water partition coefficient (Wildman–Crippen LogP) is 7.46. The smallest absolute Gasteiger partial charge is 0.343 e. The van der Waals surface area contributed by atoms with Crippen molar-refractivity contribution in [3.63, 3.8) is 0 Å². The first-order chi connectivity index (χ1) is 20.5. The Labute approximate surface area is 245 Å². The summed E-state index contributed by atoms with van der Waals surface area (Å²) in [5.74, 6) is -0.0673. The lowest BCUT2D eigenvalue weighted by Crippen LogP contribution is -2.09. The number of carbonyl (C=O) groups excluding carboxylic acids is 3. The van der Waals surface area contributed by atoms with Crippen molar-refractivity contribution >= 4 is 17.9 Å². The molecule has 7 nitrogen and oxygen atoms in total. The van der Waals surface area contributed by atoms with E-state index in [1.54, 1.807) is 60.7 Å². The van der Waals surface area contributed by atoms with E-state index in [1.165, 1.54) is 0 Å². The molecule has 0 aliphatic rings. The summed E-state index contributed by atoms with van der Waals surface area (Å²) in [6.07, 6.45) is 4.71. The minimum Gasteiger partial charge on any atom is -0.494 e. The van der Waals surface area contributed by atoms with E-state index >= 15 is 0 Å². The molecule has 214 valence electrons. The normalized spacial score (nSPS) is 10.4. The molecule has 0 radical (unpaired) electrons. The quantitative estimate of drug-likeness (QED) is 0.0680. The lowest BCUT2D eigenvalue weighted by atomic mass is 10.0.